The molecule has 4 rings (SSSR count). The van der Waals surface area contributed by atoms with Crippen molar-refractivity contribution >= 4 is 23.3 Å². The Morgan fingerprint density at radius 1 is 1.07 bits per heavy atom. The van der Waals surface area contributed by atoms with E-state index in [1.54, 1.807) is 4.68 Å². The molecule has 7 nitrogen and oxygen atoms in total. The van der Waals surface area contributed by atoms with Gasteiger partial charge in [0.1, 0.15) is 5.82 Å². The van der Waals surface area contributed by atoms with Crippen molar-refractivity contribution < 1.29 is 4.79 Å². The first-order valence-electron chi connectivity index (χ1n) is 10.2. The minimum absolute atomic E-state index is 0.0830. The number of halogens is 1. The molecule has 0 radical (unpaired) electrons. The highest BCUT2D eigenvalue weighted by molar-refractivity contribution is 6.30. The second-order valence-corrected chi connectivity index (χ2v) is 8.09. The van der Waals surface area contributed by atoms with Crippen molar-refractivity contribution in [1.29, 1.82) is 0 Å². The van der Waals surface area contributed by atoms with Gasteiger partial charge in [0.05, 0.1) is 11.1 Å². The average molecular weight is 425 g/mol. The Morgan fingerprint density at radius 3 is 2.47 bits per heavy atom. The second kappa shape index (κ2) is 8.83. The summed E-state index contributed by atoms with van der Waals surface area (Å²) in [6, 6.07) is 13.3. The number of benzene rings is 1. The number of carbonyl (C=O) groups excluding carboxylic acids is 1. The van der Waals surface area contributed by atoms with E-state index in [0.717, 1.165) is 36.9 Å². The van der Waals surface area contributed by atoms with Crippen LogP contribution in [0, 0.1) is 6.92 Å². The summed E-state index contributed by atoms with van der Waals surface area (Å²) in [4.78, 5) is 13.1. The number of rotatable bonds is 7. The number of nitrogens with zero attached hydrogens (tertiary/aromatic N) is 4. The van der Waals surface area contributed by atoms with Crippen LogP contribution in [0.5, 0.6) is 0 Å². The Morgan fingerprint density at radius 2 is 1.83 bits per heavy atom. The number of amides is 1. The zero-order chi connectivity index (χ0) is 21.0. The van der Waals surface area contributed by atoms with E-state index in [1.165, 1.54) is 0 Å². The summed E-state index contributed by atoms with van der Waals surface area (Å²) >= 11 is 6.02. The highest BCUT2D eigenvalue weighted by Gasteiger charge is 2.42. The fourth-order valence-electron chi connectivity index (χ4n) is 4.01. The summed E-state index contributed by atoms with van der Waals surface area (Å²) in [5.41, 5.74) is 1.52. The van der Waals surface area contributed by atoms with E-state index in [-0.39, 0.29) is 5.91 Å². The molecular formula is C22H25ClN6O. The van der Waals surface area contributed by atoms with Crippen LogP contribution >= 0.6 is 11.6 Å². The normalized spacial score (nSPS) is 15.1. The van der Waals surface area contributed by atoms with Crippen LogP contribution in [0.4, 0.5) is 5.82 Å². The van der Waals surface area contributed by atoms with Crippen molar-refractivity contribution in [2.45, 2.75) is 38.0 Å². The highest BCUT2D eigenvalue weighted by Crippen LogP contribution is 2.41. The molecule has 1 saturated carbocycles. The zero-order valence-electron chi connectivity index (χ0n) is 16.9. The number of hydrogen-bond donors (Lipinski definition) is 2. The maximum absolute atomic E-state index is 13.1. The zero-order valence-corrected chi connectivity index (χ0v) is 17.7. The van der Waals surface area contributed by atoms with Crippen molar-refractivity contribution in [3.8, 4) is 5.82 Å². The van der Waals surface area contributed by atoms with Crippen LogP contribution in [0.2, 0.25) is 5.02 Å². The maximum atomic E-state index is 13.1. The molecule has 0 unspecified atom stereocenters. The van der Waals surface area contributed by atoms with E-state index in [2.05, 4.69) is 25.9 Å². The van der Waals surface area contributed by atoms with Crippen LogP contribution in [0.3, 0.4) is 0 Å². The predicted octanol–water partition coefficient (Wildman–Crippen LogP) is 3.66. The van der Waals surface area contributed by atoms with Crippen molar-refractivity contribution in [3.05, 3.63) is 64.9 Å². The van der Waals surface area contributed by atoms with Gasteiger partial charge < -0.3 is 10.6 Å². The van der Waals surface area contributed by atoms with Crippen molar-refractivity contribution in [2.75, 3.05) is 18.4 Å². The first kappa shape index (κ1) is 20.3. The molecule has 2 aromatic heterocycles. The summed E-state index contributed by atoms with van der Waals surface area (Å²) in [5, 5.41) is 19.7. The standard InChI is InChI=1S/C22H25ClN6O/c1-16-10-15-29(28-16)20-9-8-19(26-27-20)24-13-14-25-21(30)22(11-2-3-12-22)17-4-6-18(23)7-5-17/h4-10,15H,2-3,11-14H2,1H3,(H,24,26)(H,25,30). The third kappa shape index (κ3) is 4.31. The summed E-state index contributed by atoms with van der Waals surface area (Å²) in [5.74, 6) is 1.40. The molecule has 8 heteroatoms. The lowest BCUT2D eigenvalue weighted by Crippen LogP contribution is -2.44. The summed E-state index contributed by atoms with van der Waals surface area (Å²) < 4.78 is 1.68. The van der Waals surface area contributed by atoms with Crippen LogP contribution in [0.25, 0.3) is 5.82 Å². The molecule has 1 amide bonds. The topological polar surface area (TPSA) is 84.7 Å². The average Bonchev–Trinajstić information content (AvgIpc) is 3.42. The van der Waals surface area contributed by atoms with Crippen LogP contribution in [-0.2, 0) is 10.2 Å². The van der Waals surface area contributed by atoms with Crippen LogP contribution in [0.1, 0.15) is 36.9 Å². The van der Waals surface area contributed by atoms with Gasteiger partial charge in [-0.05, 0) is 55.7 Å². The number of hydrogen-bond acceptors (Lipinski definition) is 5. The van der Waals surface area contributed by atoms with E-state index in [0.29, 0.717) is 29.7 Å². The molecule has 2 heterocycles. The van der Waals surface area contributed by atoms with Crippen LogP contribution in [0.15, 0.2) is 48.7 Å². The maximum Gasteiger partial charge on any atom is 0.230 e. The van der Waals surface area contributed by atoms with E-state index >= 15 is 0 Å². The van der Waals surface area contributed by atoms with Gasteiger partial charge in [-0.25, -0.2) is 4.68 Å². The molecule has 0 spiro atoms. The molecule has 2 N–H and O–H groups in total. The summed E-state index contributed by atoms with van der Waals surface area (Å²) in [6.07, 6.45) is 5.71. The van der Waals surface area contributed by atoms with Gasteiger partial charge in [0.25, 0.3) is 0 Å². The molecule has 0 aliphatic heterocycles. The first-order chi connectivity index (χ1) is 14.6. The minimum Gasteiger partial charge on any atom is -0.367 e. The fourth-order valence-corrected chi connectivity index (χ4v) is 4.14. The first-order valence-corrected chi connectivity index (χ1v) is 10.6. The van der Waals surface area contributed by atoms with E-state index < -0.39 is 5.41 Å². The number of anilines is 1. The Hall–Kier alpha value is -2.93. The lowest BCUT2D eigenvalue weighted by Gasteiger charge is -2.28. The van der Waals surface area contributed by atoms with Gasteiger partial charge in [0.15, 0.2) is 5.82 Å². The lowest BCUT2D eigenvalue weighted by molar-refractivity contribution is -0.126. The third-order valence-corrected chi connectivity index (χ3v) is 5.86. The van der Waals surface area contributed by atoms with E-state index in [9.17, 15) is 4.79 Å². The largest absolute Gasteiger partial charge is 0.367 e. The van der Waals surface area contributed by atoms with E-state index in [4.69, 9.17) is 11.6 Å². The Kier molecular flexibility index (Phi) is 5.99. The van der Waals surface area contributed by atoms with Crippen LogP contribution in [-0.4, -0.2) is 39.0 Å². The SMILES string of the molecule is Cc1ccn(-c2ccc(NCCNC(=O)C3(c4ccc(Cl)cc4)CCCC3)nn2)n1. The fraction of sp³-hybridized carbons (Fsp3) is 0.364. The molecule has 3 aromatic rings. The van der Waals surface area contributed by atoms with Crippen LogP contribution < -0.4 is 10.6 Å². The van der Waals surface area contributed by atoms with Crippen molar-refractivity contribution in [1.82, 2.24) is 25.3 Å². The van der Waals surface area contributed by atoms with Gasteiger partial charge in [-0.1, -0.05) is 36.6 Å². The van der Waals surface area contributed by atoms with Gasteiger partial charge in [-0.3, -0.25) is 4.79 Å². The molecule has 0 saturated heterocycles. The van der Waals surface area contributed by atoms with Crippen molar-refractivity contribution in [2.24, 2.45) is 0 Å². The molecule has 1 aliphatic carbocycles. The Balaban J connectivity index is 1.31. The molecule has 1 aliphatic rings. The summed E-state index contributed by atoms with van der Waals surface area (Å²) in [7, 11) is 0. The Bertz CT molecular complexity index is 993. The van der Waals surface area contributed by atoms with Gasteiger partial charge in [-0.15, -0.1) is 10.2 Å². The number of aromatic nitrogens is 4. The molecule has 156 valence electrons. The van der Waals surface area contributed by atoms with Gasteiger partial charge >= 0.3 is 0 Å². The van der Waals surface area contributed by atoms with Crippen molar-refractivity contribution in [3.63, 3.8) is 0 Å². The molecule has 30 heavy (non-hydrogen) atoms. The third-order valence-electron chi connectivity index (χ3n) is 5.61. The summed E-state index contributed by atoms with van der Waals surface area (Å²) in [6.45, 7) is 3.00. The molecule has 1 fully saturated rings. The Labute approximate surface area is 180 Å². The lowest BCUT2D eigenvalue weighted by atomic mass is 9.78. The molecule has 0 atom stereocenters. The number of nitrogens with one attached hydrogen (secondary N) is 2. The van der Waals surface area contributed by atoms with Gasteiger partial charge in [-0.2, -0.15) is 5.10 Å². The number of aryl methyl sites for hydroxylation is 1. The quantitative estimate of drug-likeness (QED) is 0.565. The predicted molar refractivity (Wildman–Crippen MR) is 117 cm³/mol. The molecular weight excluding hydrogens is 400 g/mol. The highest BCUT2D eigenvalue weighted by atomic mass is 35.5. The molecule has 1 aromatic carbocycles. The number of carbonyl (C=O) groups is 1. The second-order valence-electron chi connectivity index (χ2n) is 7.66. The van der Waals surface area contributed by atoms with Gasteiger partial charge in [0, 0.05) is 24.3 Å². The van der Waals surface area contributed by atoms with E-state index in [1.807, 2.05) is 55.6 Å². The smallest absolute Gasteiger partial charge is 0.230 e. The minimum atomic E-state index is -0.450. The molecule has 0 bridgehead atoms. The monoisotopic (exact) mass is 424 g/mol. The van der Waals surface area contributed by atoms with Gasteiger partial charge in [0.2, 0.25) is 5.91 Å².